The number of amides is 4. The van der Waals surface area contributed by atoms with E-state index in [1.165, 1.54) is 23.5 Å². The van der Waals surface area contributed by atoms with Crippen LogP contribution >= 0.6 is 11.3 Å². The number of phenols is 1. The second kappa shape index (κ2) is 19.9. The van der Waals surface area contributed by atoms with Gasteiger partial charge >= 0.3 is 23.9 Å². The lowest BCUT2D eigenvalue weighted by Crippen LogP contribution is -2.55. The molecular weight excluding hydrogens is 947 g/mol. The third-order valence-electron chi connectivity index (χ3n) is 13.8. The summed E-state index contributed by atoms with van der Waals surface area (Å²) in [6.45, 7) is 1.78. The quantitative estimate of drug-likeness (QED) is 0.0513. The van der Waals surface area contributed by atoms with Gasteiger partial charge in [-0.05, 0) is 77.2 Å². The maximum atomic E-state index is 16.7. The fourth-order valence-electron chi connectivity index (χ4n) is 10.6. The Bertz CT molecular complexity index is 3290. The number of aromatic nitrogens is 1. The van der Waals surface area contributed by atoms with E-state index in [4.69, 9.17) is 19.2 Å². The molecule has 4 amide bonds. The molecule has 3 aliphatic rings. The monoisotopic (exact) mass is 993 g/mol. The van der Waals surface area contributed by atoms with E-state index in [2.05, 4.69) is 22.5 Å². The maximum absolute atomic E-state index is 16.7. The van der Waals surface area contributed by atoms with Crippen molar-refractivity contribution in [3.63, 3.8) is 0 Å². The lowest BCUT2D eigenvalue weighted by atomic mass is 9.65. The number of hydrogen-bond acceptors (Lipinski definition) is 13. The Labute approximate surface area is 423 Å². The maximum Gasteiger partial charge on any atom is 0.329 e. The summed E-state index contributed by atoms with van der Waals surface area (Å²) in [6, 6.07) is 41.0. The van der Waals surface area contributed by atoms with Gasteiger partial charge in [0.15, 0.2) is 11.0 Å². The number of aromatic hydroxyl groups is 1. The highest BCUT2D eigenvalue weighted by atomic mass is 32.1. The number of methoxy groups -OCH3 is 2. The van der Waals surface area contributed by atoms with E-state index in [0.29, 0.717) is 22.2 Å². The summed E-state index contributed by atoms with van der Waals surface area (Å²) < 4.78 is 17.1. The number of thiazole rings is 1. The van der Waals surface area contributed by atoms with E-state index in [1.807, 2.05) is 114 Å². The Morgan fingerprint density at radius 3 is 2.07 bits per heavy atom. The van der Waals surface area contributed by atoms with Gasteiger partial charge in [-0.15, -0.1) is 0 Å². The first kappa shape index (κ1) is 48.0. The van der Waals surface area contributed by atoms with Crippen molar-refractivity contribution in [1.29, 1.82) is 0 Å². The van der Waals surface area contributed by atoms with Crippen LogP contribution in [0.5, 0.6) is 5.75 Å². The number of fused-ring (bicyclic) bond motifs is 4. The van der Waals surface area contributed by atoms with Crippen LogP contribution in [0.3, 0.4) is 0 Å². The van der Waals surface area contributed by atoms with Gasteiger partial charge in [0.1, 0.15) is 23.3 Å². The van der Waals surface area contributed by atoms with Gasteiger partial charge in [0, 0.05) is 12.0 Å². The Balaban J connectivity index is 1.24. The number of urea groups is 1. The molecule has 7 aromatic rings. The summed E-state index contributed by atoms with van der Waals surface area (Å²) in [5.41, 5.74) is 1.54. The fourth-order valence-corrected chi connectivity index (χ4v) is 11.5. The van der Waals surface area contributed by atoms with Crippen molar-refractivity contribution in [2.45, 2.75) is 49.0 Å². The van der Waals surface area contributed by atoms with E-state index in [9.17, 15) is 14.7 Å². The number of phenolic OH excluding ortho intramolecular Hbond substituents is 1. The molecule has 3 aliphatic heterocycles. The van der Waals surface area contributed by atoms with Gasteiger partial charge < -0.3 is 30.0 Å². The number of carbonyl (C=O) groups is 6. The first-order valence-electron chi connectivity index (χ1n) is 23.5. The highest BCUT2D eigenvalue weighted by Crippen LogP contribution is 2.66. The molecule has 1 aromatic heterocycles. The zero-order valence-corrected chi connectivity index (χ0v) is 40.4. The van der Waals surface area contributed by atoms with Crippen LogP contribution in [0.15, 0.2) is 158 Å². The second-order valence-electron chi connectivity index (χ2n) is 17.9. The van der Waals surface area contributed by atoms with Crippen LogP contribution in [0, 0.1) is 23.7 Å². The van der Waals surface area contributed by atoms with Gasteiger partial charge in [0.25, 0.3) is 0 Å². The SMILES string of the molecule is COC(=O)C(CC#Cc1ccc2c(c1)[C@]1(C(=O)N2C(=O)N[C@H](C)c2ccccc2)[C@H](c2ccc(O)cc2)N2[C@H](c3ccccc3)[C@H](c3ccccc3)OC(=O)[C@H]2[C@@H]1C(=O)Nc1nc2ccccc2s1)C(=O)OC. The van der Waals surface area contributed by atoms with Crippen LogP contribution in [0.25, 0.3) is 10.2 Å². The number of benzene rings is 6. The third-order valence-corrected chi connectivity index (χ3v) is 14.8. The number of imide groups is 1. The molecule has 2 saturated heterocycles. The Morgan fingerprint density at radius 2 is 1.41 bits per heavy atom. The van der Waals surface area contributed by atoms with E-state index in [1.54, 1.807) is 43.3 Å². The van der Waals surface area contributed by atoms with E-state index in [-0.39, 0.29) is 34.1 Å². The largest absolute Gasteiger partial charge is 0.508 e. The number of ether oxygens (including phenoxy) is 3. The molecule has 0 unspecified atom stereocenters. The second-order valence-corrected chi connectivity index (χ2v) is 18.9. The normalized spacial score (nSPS) is 21.4. The van der Waals surface area contributed by atoms with Crippen molar-refractivity contribution in [3.8, 4) is 17.6 Å². The molecule has 2 fully saturated rings. The zero-order valence-electron chi connectivity index (χ0n) is 39.6. The summed E-state index contributed by atoms with van der Waals surface area (Å²) in [7, 11) is 2.29. The molecule has 7 atom stereocenters. The molecule has 15 nitrogen and oxygen atoms in total. The average Bonchev–Trinajstić information content (AvgIpc) is 4.06. The minimum absolute atomic E-state index is 0.0823. The van der Waals surface area contributed by atoms with Crippen molar-refractivity contribution < 1.29 is 48.1 Å². The number of morpholine rings is 1. The van der Waals surface area contributed by atoms with Crippen LogP contribution in [0.4, 0.5) is 15.6 Å². The number of rotatable bonds is 10. The first-order valence-corrected chi connectivity index (χ1v) is 24.3. The topological polar surface area (TPSA) is 194 Å². The molecule has 366 valence electrons. The van der Waals surface area contributed by atoms with Crippen molar-refractivity contribution in [2.24, 2.45) is 11.8 Å². The first-order chi connectivity index (χ1) is 35.4. The molecule has 0 aliphatic carbocycles. The summed E-state index contributed by atoms with van der Waals surface area (Å²) in [4.78, 5) is 96.3. The van der Waals surface area contributed by atoms with E-state index >= 15 is 19.2 Å². The smallest absolute Gasteiger partial charge is 0.329 e. The van der Waals surface area contributed by atoms with E-state index < -0.39 is 83.3 Å². The van der Waals surface area contributed by atoms with Crippen LogP contribution in [0.2, 0.25) is 0 Å². The molecule has 6 aromatic carbocycles. The predicted octanol–water partition coefficient (Wildman–Crippen LogP) is 8.48. The summed E-state index contributed by atoms with van der Waals surface area (Å²) in [6.07, 6.45) is -1.27. The third kappa shape index (κ3) is 8.51. The standard InChI is InChI=1S/C57H47N5O10S/c1-33(35-17-7-4-8-18-35)58-56(69)61-43-31-26-34(16-15-23-40(51(65)70-2)52(66)71-3)32-41(43)57(54(61)68)45(50(64)60-55-59-42-24-13-14-25-44(42)73-55)47-53(67)72-48(37-21-11-6-12-22-37)46(36-19-9-5-10-20-36)62(47)49(57)38-27-29-39(63)30-28-38/h4-14,17-22,24-33,40,45-49,63H,23H2,1-3H3,(H,58,69)(H,59,60,64)/t33-,45-,46-,47-,48+,49+,57-/m1/s1. The van der Waals surface area contributed by atoms with Crippen LogP contribution in [-0.2, 0) is 43.6 Å². The summed E-state index contributed by atoms with van der Waals surface area (Å²) >= 11 is 1.21. The Morgan fingerprint density at radius 1 is 0.781 bits per heavy atom. The number of nitrogens with one attached hydrogen (secondary N) is 2. The average molecular weight is 994 g/mol. The molecule has 4 heterocycles. The van der Waals surface area contributed by atoms with Gasteiger partial charge in [-0.2, -0.15) is 0 Å². The van der Waals surface area contributed by atoms with E-state index in [0.717, 1.165) is 29.4 Å². The van der Waals surface area contributed by atoms with Crippen molar-refractivity contribution in [2.75, 3.05) is 24.4 Å². The lowest BCUT2D eigenvalue weighted by molar-refractivity contribution is -0.178. The van der Waals surface area contributed by atoms with Crippen LogP contribution < -0.4 is 15.5 Å². The Kier molecular flexibility index (Phi) is 13.1. The van der Waals surface area contributed by atoms with Crippen molar-refractivity contribution in [3.05, 3.63) is 191 Å². The molecule has 10 rings (SSSR count). The van der Waals surface area contributed by atoms with Gasteiger partial charge in [0.2, 0.25) is 11.8 Å². The van der Waals surface area contributed by atoms with Gasteiger partial charge in [-0.25, -0.2) is 14.7 Å². The fraction of sp³-hybridized carbons (Fsp3) is 0.211. The number of nitrogens with zero attached hydrogens (tertiary/aromatic N) is 3. The lowest BCUT2D eigenvalue weighted by Gasteiger charge is -2.46. The molecule has 1 spiro atoms. The number of carbonyl (C=O) groups excluding carboxylic acids is 6. The number of esters is 3. The highest BCUT2D eigenvalue weighted by molar-refractivity contribution is 7.22. The van der Waals surface area contributed by atoms with Gasteiger partial charge in [-0.1, -0.05) is 138 Å². The summed E-state index contributed by atoms with van der Waals surface area (Å²) in [5.74, 6) is -1.24. The molecular formula is C57H47N5O10S. The number of hydrogen-bond donors (Lipinski definition) is 3. The number of cyclic esters (lactones) is 1. The summed E-state index contributed by atoms with van der Waals surface area (Å²) in [5, 5.41) is 17.0. The predicted molar refractivity (Wildman–Crippen MR) is 271 cm³/mol. The minimum Gasteiger partial charge on any atom is -0.508 e. The molecule has 16 heteroatoms. The van der Waals surface area contributed by atoms with Gasteiger partial charge in [-0.3, -0.25) is 28.9 Å². The molecule has 0 saturated carbocycles. The van der Waals surface area contributed by atoms with Crippen LogP contribution in [0.1, 0.15) is 71.0 Å². The molecule has 3 N–H and O–H groups in total. The minimum atomic E-state index is -2.17. The molecule has 73 heavy (non-hydrogen) atoms. The van der Waals surface area contributed by atoms with Crippen molar-refractivity contribution in [1.82, 2.24) is 15.2 Å². The zero-order chi connectivity index (χ0) is 51.0. The number of anilines is 2. The van der Waals surface area contributed by atoms with Gasteiger partial charge in [0.05, 0.1) is 54.2 Å². The Hall–Kier alpha value is -8.65. The molecule has 0 radical (unpaired) electrons. The van der Waals surface area contributed by atoms with Crippen molar-refractivity contribution >= 4 is 68.1 Å². The highest BCUT2D eigenvalue weighted by Gasteiger charge is 2.75. The van der Waals surface area contributed by atoms with Crippen LogP contribution in [-0.4, -0.2) is 71.0 Å². The number of para-hydroxylation sites is 1. The molecule has 0 bridgehead atoms.